The van der Waals surface area contributed by atoms with E-state index in [1.54, 1.807) is 7.11 Å². The molecule has 1 saturated heterocycles. The molecule has 3 aromatic rings. The highest BCUT2D eigenvalue weighted by molar-refractivity contribution is 5.98. The molecule has 1 aliphatic heterocycles. The van der Waals surface area contributed by atoms with E-state index in [2.05, 4.69) is 17.0 Å². The van der Waals surface area contributed by atoms with Crippen molar-refractivity contribution in [2.75, 3.05) is 38.2 Å². The van der Waals surface area contributed by atoms with Crippen molar-refractivity contribution in [2.45, 2.75) is 0 Å². The Morgan fingerprint density at radius 3 is 2.31 bits per heavy atom. The second-order valence-electron chi connectivity index (χ2n) is 6.51. The van der Waals surface area contributed by atoms with Crippen LogP contribution in [0.5, 0.6) is 5.75 Å². The Labute approximate surface area is 153 Å². The van der Waals surface area contributed by atoms with Gasteiger partial charge in [0.25, 0.3) is 5.91 Å². The van der Waals surface area contributed by atoms with Gasteiger partial charge in [-0.15, -0.1) is 0 Å². The Kier molecular flexibility index (Phi) is 4.48. The lowest BCUT2D eigenvalue weighted by molar-refractivity contribution is 0.0747. The first-order valence-corrected chi connectivity index (χ1v) is 8.92. The molecule has 26 heavy (non-hydrogen) atoms. The van der Waals surface area contributed by atoms with E-state index in [0.29, 0.717) is 13.1 Å². The van der Waals surface area contributed by atoms with Crippen LogP contribution in [-0.2, 0) is 0 Å². The topological polar surface area (TPSA) is 32.8 Å². The fraction of sp³-hybridized carbons (Fsp3) is 0.227. The molecule has 1 heterocycles. The largest absolute Gasteiger partial charge is 0.495 e. The number of fused-ring (bicyclic) bond motifs is 1. The zero-order valence-corrected chi connectivity index (χ0v) is 14.9. The van der Waals surface area contributed by atoms with Crippen LogP contribution in [0, 0.1) is 0 Å². The standard InChI is InChI=1S/C22H22N2O2/c1-26-21-9-5-4-8-20(21)23-12-14-24(15-13-23)22(25)19-11-10-17-6-2-3-7-18(17)16-19/h2-11,16H,12-15H2,1H3. The molecule has 0 spiro atoms. The molecule has 0 N–H and O–H groups in total. The summed E-state index contributed by atoms with van der Waals surface area (Å²) in [6.07, 6.45) is 0. The number of ether oxygens (including phenoxy) is 1. The summed E-state index contributed by atoms with van der Waals surface area (Å²) in [4.78, 5) is 17.1. The molecule has 0 atom stereocenters. The van der Waals surface area contributed by atoms with Gasteiger partial charge in [-0.1, -0.05) is 42.5 Å². The number of hydrogen-bond acceptors (Lipinski definition) is 3. The summed E-state index contributed by atoms with van der Waals surface area (Å²) in [5.74, 6) is 0.984. The van der Waals surface area contributed by atoms with Gasteiger partial charge in [0.05, 0.1) is 12.8 Å². The third-order valence-electron chi connectivity index (χ3n) is 4.99. The average Bonchev–Trinajstić information content (AvgIpc) is 2.73. The molecule has 0 aliphatic carbocycles. The van der Waals surface area contributed by atoms with Crippen molar-refractivity contribution < 1.29 is 9.53 Å². The molecule has 0 aromatic heterocycles. The van der Waals surface area contributed by atoms with Crippen molar-refractivity contribution in [3.8, 4) is 5.75 Å². The quantitative estimate of drug-likeness (QED) is 0.723. The molecule has 0 bridgehead atoms. The summed E-state index contributed by atoms with van der Waals surface area (Å²) < 4.78 is 5.46. The minimum atomic E-state index is 0.107. The number of piperazine rings is 1. The van der Waals surface area contributed by atoms with Crippen LogP contribution in [0.3, 0.4) is 0 Å². The number of nitrogens with zero attached hydrogens (tertiary/aromatic N) is 2. The maximum absolute atomic E-state index is 12.9. The van der Waals surface area contributed by atoms with E-state index >= 15 is 0 Å². The van der Waals surface area contributed by atoms with Gasteiger partial charge in [0.1, 0.15) is 5.75 Å². The first kappa shape index (κ1) is 16.5. The zero-order chi connectivity index (χ0) is 17.9. The Bertz CT molecular complexity index is 930. The Hall–Kier alpha value is -3.01. The van der Waals surface area contributed by atoms with Crippen LogP contribution in [0.25, 0.3) is 10.8 Å². The van der Waals surface area contributed by atoms with Gasteiger partial charge in [0.15, 0.2) is 0 Å². The maximum atomic E-state index is 12.9. The lowest BCUT2D eigenvalue weighted by Crippen LogP contribution is -2.48. The highest BCUT2D eigenvalue weighted by Crippen LogP contribution is 2.28. The fourth-order valence-electron chi connectivity index (χ4n) is 3.55. The number of carbonyl (C=O) groups is 1. The van der Waals surface area contributed by atoms with Gasteiger partial charge in [-0.25, -0.2) is 0 Å². The third kappa shape index (κ3) is 3.10. The smallest absolute Gasteiger partial charge is 0.253 e. The summed E-state index contributed by atoms with van der Waals surface area (Å²) in [5.41, 5.74) is 1.85. The molecule has 4 heteroatoms. The van der Waals surface area contributed by atoms with Crippen molar-refractivity contribution in [1.29, 1.82) is 0 Å². The molecule has 4 nitrogen and oxygen atoms in total. The minimum Gasteiger partial charge on any atom is -0.495 e. The molecule has 1 amide bonds. The predicted octanol–water partition coefficient (Wildman–Crippen LogP) is 3.81. The molecule has 0 saturated carbocycles. The van der Waals surface area contributed by atoms with Crippen LogP contribution in [0.4, 0.5) is 5.69 Å². The van der Waals surface area contributed by atoms with E-state index in [-0.39, 0.29) is 5.91 Å². The monoisotopic (exact) mass is 346 g/mol. The molecule has 3 aromatic carbocycles. The molecular formula is C22H22N2O2. The van der Waals surface area contributed by atoms with Crippen molar-refractivity contribution in [3.05, 3.63) is 72.3 Å². The molecule has 1 fully saturated rings. The van der Waals surface area contributed by atoms with Crippen molar-refractivity contribution in [3.63, 3.8) is 0 Å². The minimum absolute atomic E-state index is 0.107. The van der Waals surface area contributed by atoms with Gasteiger partial charge in [-0.2, -0.15) is 0 Å². The Morgan fingerprint density at radius 1 is 0.846 bits per heavy atom. The van der Waals surface area contributed by atoms with Crippen LogP contribution in [0.2, 0.25) is 0 Å². The summed E-state index contributed by atoms with van der Waals surface area (Å²) >= 11 is 0. The number of benzene rings is 3. The summed E-state index contributed by atoms with van der Waals surface area (Å²) in [7, 11) is 1.69. The van der Waals surface area contributed by atoms with Gasteiger partial charge in [0, 0.05) is 31.7 Å². The maximum Gasteiger partial charge on any atom is 0.253 e. The fourth-order valence-corrected chi connectivity index (χ4v) is 3.55. The number of methoxy groups -OCH3 is 1. The summed E-state index contributed by atoms with van der Waals surface area (Å²) in [6, 6.07) is 22.1. The molecule has 0 radical (unpaired) electrons. The lowest BCUT2D eigenvalue weighted by atomic mass is 10.1. The highest BCUT2D eigenvalue weighted by Gasteiger charge is 2.23. The molecule has 0 unspecified atom stereocenters. The summed E-state index contributed by atoms with van der Waals surface area (Å²) in [5, 5.41) is 2.26. The van der Waals surface area contributed by atoms with E-state index in [4.69, 9.17) is 4.74 Å². The SMILES string of the molecule is COc1ccccc1N1CCN(C(=O)c2ccc3ccccc3c2)CC1. The molecule has 132 valence electrons. The predicted molar refractivity (Wildman–Crippen MR) is 105 cm³/mol. The average molecular weight is 346 g/mol. The van der Waals surface area contributed by atoms with Gasteiger partial charge in [0.2, 0.25) is 0 Å². The van der Waals surface area contributed by atoms with Gasteiger partial charge < -0.3 is 14.5 Å². The summed E-state index contributed by atoms with van der Waals surface area (Å²) in [6.45, 7) is 3.03. The second-order valence-corrected chi connectivity index (χ2v) is 6.51. The number of carbonyl (C=O) groups excluding carboxylic acids is 1. The van der Waals surface area contributed by atoms with E-state index in [0.717, 1.165) is 40.9 Å². The van der Waals surface area contributed by atoms with Gasteiger partial charge in [-0.05, 0) is 35.0 Å². The van der Waals surface area contributed by atoms with Crippen LogP contribution in [0.1, 0.15) is 10.4 Å². The van der Waals surface area contributed by atoms with Crippen LogP contribution in [-0.4, -0.2) is 44.1 Å². The van der Waals surface area contributed by atoms with E-state index in [1.165, 1.54) is 0 Å². The molecular weight excluding hydrogens is 324 g/mol. The van der Waals surface area contributed by atoms with Crippen LogP contribution >= 0.6 is 0 Å². The first-order valence-electron chi connectivity index (χ1n) is 8.92. The van der Waals surface area contributed by atoms with E-state index in [9.17, 15) is 4.79 Å². The highest BCUT2D eigenvalue weighted by atomic mass is 16.5. The Morgan fingerprint density at radius 2 is 1.54 bits per heavy atom. The van der Waals surface area contributed by atoms with E-state index < -0.39 is 0 Å². The lowest BCUT2D eigenvalue weighted by Gasteiger charge is -2.36. The van der Waals surface area contributed by atoms with Crippen molar-refractivity contribution >= 4 is 22.4 Å². The van der Waals surface area contributed by atoms with Crippen molar-refractivity contribution in [1.82, 2.24) is 4.90 Å². The molecule has 4 rings (SSSR count). The number of hydrogen-bond donors (Lipinski definition) is 0. The number of rotatable bonds is 3. The first-order chi connectivity index (χ1) is 12.8. The normalized spacial score (nSPS) is 14.5. The number of para-hydroxylation sites is 2. The number of anilines is 1. The second kappa shape index (κ2) is 7.08. The Balaban J connectivity index is 1.47. The third-order valence-corrected chi connectivity index (χ3v) is 4.99. The van der Waals surface area contributed by atoms with Crippen LogP contribution in [0.15, 0.2) is 66.7 Å². The van der Waals surface area contributed by atoms with Crippen LogP contribution < -0.4 is 9.64 Å². The molecule has 1 aliphatic rings. The number of amides is 1. The zero-order valence-electron chi connectivity index (χ0n) is 14.9. The van der Waals surface area contributed by atoms with Gasteiger partial charge >= 0.3 is 0 Å². The van der Waals surface area contributed by atoms with Crippen molar-refractivity contribution in [2.24, 2.45) is 0 Å². The van der Waals surface area contributed by atoms with E-state index in [1.807, 2.05) is 59.5 Å². The van der Waals surface area contributed by atoms with Gasteiger partial charge in [-0.3, -0.25) is 4.79 Å².